The first-order chi connectivity index (χ1) is 10.6. The monoisotopic (exact) mass is 316 g/mol. The molecule has 0 fully saturated rings. The summed E-state index contributed by atoms with van der Waals surface area (Å²) in [5.41, 5.74) is 0. The van der Waals surface area contributed by atoms with Gasteiger partial charge in [-0.25, -0.2) is 0 Å². The van der Waals surface area contributed by atoms with E-state index in [1.165, 1.54) is 12.8 Å². The SMILES string of the molecule is CCCCCCCC(=O)OCCOC(=O)CCCCC(=O)O. The maximum Gasteiger partial charge on any atom is 0.305 e. The topological polar surface area (TPSA) is 89.9 Å². The van der Waals surface area contributed by atoms with E-state index in [0.29, 0.717) is 19.3 Å². The quantitative estimate of drug-likeness (QED) is 0.391. The lowest BCUT2D eigenvalue weighted by atomic mass is 10.1. The lowest BCUT2D eigenvalue weighted by Crippen LogP contribution is -2.13. The van der Waals surface area contributed by atoms with Gasteiger partial charge in [-0.15, -0.1) is 0 Å². The average molecular weight is 316 g/mol. The van der Waals surface area contributed by atoms with Crippen LogP contribution < -0.4 is 0 Å². The zero-order valence-corrected chi connectivity index (χ0v) is 13.5. The normalized spacial score (nSPS) is 10.2. The van der Waals surface area contributed by atoms with Crippen LogP contribution >= 0.6 is 0 Å². The van der Waals surface area contributed by atoms with Gasteiger partial charge in [-0.2, -0.15) is 0 Å². The van der Waals surface area contributed by atoms with E-state index < -0.39 is 5.97 Å². The van der Waals surface area contributed by atoms with Crippen LogP contribution in [0.15, 0.2) is 0 Å². The van der Waals surface area contributed by atoms with Crippen molar-refractivity contribution in [1.29, 1.82) is 0 Å². The third-order valence-corrected chi connectivity index (χ3v) is 3.12. The van der Waals surface area contributed by atoms with Crippen molar-refractivity contribution in [2.75, 3.05) is 13.2 Å². The molecule has 0 rings (SSSR count). The summed E-state index contributed by atoms with van der Waals surface area (Å²) in [4.78, 5) is 33.0. The molecule has 0 amide bonds. The van der Waals surface area contributed by atoms with Crippen molar-refractivity contribution in [3.63, 3.8) is 0 Å². The number of unbranched alkanes of at least 4 members (excludes halogenated alkanes) is 5. The highest BCUT2D eigenvalue weighted by atomic mass is 16.6. The van der Waals surface area contributed by atoms with Gasteiger partial charge >= 0.3 is 17.9 Å². The summed E-state index contributed by atoms with van der Waals surface area (Å²) in [7, 11) is 0. The van der Waals surface area contributed by atoms with Crippen molar-refractivity contribution in [1.82, 2.24) is 0 Å². The van der Waals surface area contributed by atoms with Gasteiger partial charge in [0.05, 0.1) is 0 Å². The Balaban J connectivity index is 3.37. The zero-order chi connectivity index (χ0) is 16.6. The number of carboxylic acid groups (broad SMARTS) is 1. The van der Waals surface area contributed by atoms with Gasteiger partial charge in [-0.1, -0.05) is 32.6 Å². The van der Waals surface area contributed by atoms with Gasteiger partial charge in [0.15, 0.2) is 0 Å². The second-order valence-electron chi connectivity index (χ2n) is 5.21. The van der Waals surface area contributed by atoms with Crippen molar-refractivity contribution in [2.45, 2.75) is 71.1 Å². The van der Waals surface area contributed by atoms with Gasteiger partial charge in [0.1, 0.15) is 13.2 Å². The standard InChI is InChI=1S/C16H28O6/c1-2-3-4-5-6-10-15(19)21-12-13-22-16(20)11-8-7-9-14(17)18/h2-13H2,1H3,(H,17,18). The number of rotatable bonds is 14. The molecule has 0 spiro atoms. The summed E-state index contributed by atoms with van der Waals surface area (Å²) in [6.45, 7) is 2.27. The Kier molecular flexibility index (Phi) is 13.3. The van der Waals surface area contributed by atoms with E-state index in [-0.39, 0.29) is 38.0 Å². The molecule has 128 valence electrons. The highest BCUT2D eigenvalue weighted by molar-refractivity contribution is 5.70. The van der Waals surface area contributed by atoms with Crippen LogP contribution in [0.3, 0.4) is 0 Å². The summed E-state index contributed by atoms with van der Waals surface area (Å²) in [5, 5.41) is 8.44. The second-order valence-corrected chi connectivity index (χ2v) is 5.21. The second kappa shape index (κ2) is 14.4. The number of ether oxygens (including phenoxy) is 2. The fourth-order valence-electron chi connectivity index (χ4n) is 1.87. The van der Waals surface area contributed by atoms with Gasteiger partial charge < -0.3 is 14.6 Å². The molecular weight excluding hydrogens is 288 g/mol. The minimum absolute atomic E-state index is 0.0549. The molecule has 0 radical (unpaired) electrons. The molecule has 6 nitrogen and oxygen atoms in total. The fraction of sp³-hybridized carbons (Fsp3) is 0.812. The van der Waals surface area contributed by atoms with Crippen LogP contribution in [0, 0.1) is 0 Å². The smallest absolute Gasteiger partial charge is 0.305 e. The largest absolute Gasteiger partial charge is 0.481 e. The molecule has 6 heteroatoms. The number of hydrogen-bond acceptors (Lipinski definition) is 5. The van der Waals surface area contributed by atoms with Crippen molar-refractivity contribution < 1.29 is 29.0 Å². The van der Waals surface area contributed by atoms with E-state index in [9.17, 15) is 14.4 Å². The lowest BCUT2D eigenvalue weighted by molar-refractivity contribution is -0.152. The molecule has 1 N–H and O–H groups in total. The molecule has 0 aliphatic rings. The molecule has 0 aromatic rings. The van der Waals surface area contributed by atoms with Gasteiger partial charge in [0.25, 0.3) is 0 Å². The van der Waals surface area contributed by atoms with Crippen LogP contribution in [0.5, 0.6) is 0 Å². The molecule has 22 heavy (non-hydrogen) atoms. The summed E-state index contributed by atoms with van der Waals surface area (Å²) in [5.74, 6) is -1.51. The van der Waals surface area contributed by atoms with E-state index in [1.54, 1.807) is 0 Å². The third kappa shape index (κ3) is 14.8. The maximum absolute atomic E-state index is 11.4. The highest BCUT2D eigenvalue weighted by Gasteiger charge is 2.06. The number of carboxylic acids is 1. The molecule has 0 saturated carbocycles. The molecular formula is C16H28O6. The van der Waals surface area contributed by atoms with Gasteiger partial charge in [-0.05, 0) is 19.3 Å². The van der Waals surface area contributed by atoms with Crippen molar-refractivity contribution in [2.24, 2.45) is 0 Å². The van der Waals surface area contributed by atoms with Crippen LogP contribution in [0.25, 0.3) is 0 Å². The van der Waals surface area contributed by atoms with Crippen LogP contribution in [-0.4, -0.2) is 36.2 Å². The van der Waals surface area contributed by atoms with Crippen molar-refractivity contribution in [3.8, 4) is 0 Å². The molecule has 0 aliphatic heterocycles. The summed E-state index contributed by atoms with van der Waals surface area (Å²) >= 11 is 0. The predicted molar refractivity (Wildman–Crippen MR) is 81.4 cm³/mol. The van der Waals surface area contributed by atoms with E-state index in [1.807, 2.05) is 0 Å². The van der Waals surface area contributed by atoms with Crippen LogP contribution in [-0.2, 0) is 23.9 Å². The van der Waals surface area contributed by atoms with Crippen LogP contribution in [0.4, 0.5) is 0 Å². The molecule has 0 heterocycles. The van der Waals surface area contributed by atoms with Crippen LogP contribution in [0.2, 0.25) is 0 Å². The average Bonchev–Trinajstić information content (AvgIpc) is 2.47. The first kappa shape index (κ1) is 20.4. The lowest BCUT2D eigenvalue weighted by Gasteiger charge is -2.06. The molecule has 0 aliphatic carbocycles. The number of carbonyl (C=O) groups is 3. The summed E-state index contributed by atoms with van der Waals surface area (Å²) < 4.78 is 9.86. The Hall–Kier alpha value is -1.59. The summed E-state index contributed by atoms with van der Waals surface area (Å²) in [6.07, 6.45) is 6.98. The first-order valence-corrected chi connectivity index (χ1v) is 8.09. The first-order valence-electron chi connectivity index (χ1n) is 8.09. The number of carbonyl (C=O) groups excluding carboxylic acids is 2. The Morgan fingerprint density at radius 1 is 0.727 bits per heavy atom. The Labute approximate surface area is 132 Å². The molecule has 0 aromatic heterocycles. The van der Waals surface area contributed by atoms with Gasteiger partial charge in [0.2, 0.25) is 0 Å². The Morgan fingerprint density at radius 2 is 1.18 bits per heavy atom. The maximum atomic E-state index is 11.4. The summed E-state index contributed by atoms with van der Waals surface area (Å²) in [6, 6.07) is 0. The van der Waals surface area contributed by atoms with Crippen molar-refractivity contribution in [3.05, 3.63) is 0 Å². The Morgan fingerprint density at radius 3 is 1.68 bits per heavy atom. The predicted octanol–water partition coefficient (Wildman–Crippen LogP) is 3.08. The van der Waals surface area contributed by atoms with Crippen molar-refractivity contribution >= 4 is 17.9 Å². The van der Waals surface area contributed by atoms with Crippen LogP contribution in [0.1, 0.15) is 71.1 Å². The number of hydrogen-bond donors (Lipinski definition) is 1. The molecule has 0 aromatic carbocycles. The third-order valence-electron chi connectivity index (χ3n) is 3.12. The van der Waals surface area contributed by atoms with E-state index in [2.05, 4.69) is 6.92 Å². The minimum Gasteiger partial charge on any atom is -0.481 e. The molecule has 0 unspecified atom stereocenters. The molecule has 0 saturated heterocycles. The van der Waals surface area contributed by atoms with E-state index in [0.717, 1.165) is 19.3 Å². The van der Waals surface area contributed by atoms with E-state index >= 15 is 0 Å². The number of esters is 2. The highest BCUT2D eigenvalue weighted by Crippen LogP contribution is 2.06. The number of aliphatic carboxylic acids is 1. The van der Waals surface area contributed by atoms with E-state index in [4.69, 9.17) is 14.6 Å². The zero-order valence-electron chi connectivity index (χ0n) is 13.5. The van der Waals surface area contributed by atoms with Gasteiger partial charge in [-0.3, -0.25) is 14.4 Å². The molecule has 0 bridgehead atoms. The molecule has 0 atom stereocenters. The fourth-order valence-corrected chi connectivity index (χ4v) is 1.87. The van der Waals surface area contributed by atoms with Gasteiger partial charge in [0, 0.05) is 19.3 Å². The Bertz CT molecular complexity index is 327. The minimum atomic E-state index is -0.866.